The summed E-state index contributed by atoms with van der Waals surface area (Å²) in [6.45, 7) is 3.06. The van der Waals surface area contributed by atoms with E-state index in [1.54, 1.807) is 11.8 Å². The maximum Gasteiger partial charge on any atom is 0.245 e. The minimum atomic E-state index is -0.748. The molecule has 2 saturated heterocycles. The first kappa shape index (κ1) is 19.3. The minimum Gasteiger partial charge on any atom is -0.343 e. The molecule has 2 aliphatic rings. The molecular formula is C19H23F2N3O3. The molecule has 3 rings (SSSR count). The van der Waals surface area contributed by atoms with Crippen LogP contribution in [-0.4, -0.2) is 64.6 Å². The maximum atomic E-state index is 13.9. The van der Waals surface area contributed by atoms with E-state index < -0.39 is 17.7 Å². The van der Waals surface area contributed by atoms with Crippen molar-refractivity contribution in [1.29, 1.82) is 0 Å². The molecule has 0 spiro atoms. The molecule has 0 N–H and O–H groups in total. The van der Waals surface area contributed by atoms with Crippen molar-refractivity contribution < 1.29 is 23.2 Å². The van der Waals surface area contributed by atoms with E-state index in [0.717, 1.165) is 31.2 Å². The lowest BCUT2D eigenvalue weighted by molar-refractivity contribution is -0.155. The van der Waals surface area contributed by atoms with Gasteiger partial charge in [-0.3, -0.25) is 14.4 Å². The second-order valence-corrected chi connectivity index (χ2v) is 7.03. The van der Waals surface area contributed by atoms with Gasteiger partial charge in [0, 0.05) is 38.2 Å². The molecule has 2 heterocycles. The van der Waals surface area contributed by atoms with Crippen LogP contribution in [0, 0.1) is 11.6 Å². The van der Waals surface area contributed by atoms with E-state index in [4.69, 9.17) is 0 Å². The maximum absolute atomic E-state index is 13.9. The highest BCUT2D eigenvalue weighted by atomic mass is 19.1. The first-order valence-corrected chi connectivity index (χ1v) is 9.17. The summed E-state index contributed by atoms with van der Waals surface area (Å²) in [6, 6.07) is 2.32. The Kier molecular flexibility index (Phi) is 5.72. The fraction of sp³-hybridized carbons (Fsp3) is 0.526. The molecule has 8 heteroatoms. The largest absolute Gasteiger partial charge is 0.343 e. The van der Waals surface area contributed by atoms with Crippen LogP contribution in [0.2, 0.25) is 0 Å². The molecule has 2 fully saturated rings. The van der Waals surface area contributed by atoms with Crippen molar-refractivity contribution in [1.82, 2.24) is 14.7 Å². The Balaban J connectivity index is 1.58. The van der Waals surface area contributed by atoms with Crippen molar-refractivity contribution in [2.75, 3.05) is 26.2 Å². The predicted octanol–water partition coefficient (Wildman–Crippen LogP) is 1.54. The Hall–Kier alpha value is -2.51. The number of rotatable bonds is 6. The van der Waals surface area contributed by atoms with Crippen molar-refractivity contribution in [3.05, 3.63) is 35.4 Å². The third-order valence-electron chi connectivity index (χ3n) is 5.16. The first-order chi connectivity index (χ1) is 12.9. The number of likely N-dealkylation sites (tertiary alicyclic amines) is 1. The second kappa shape index (κ2) is 8.02. The molecule has 1 aromatic rings. The smallest absolute Gasteiger partial charge is 0.245 e. The Morgan fingerprint density at radius 3 is 2.52 bits per heavy atom. The van der Waals surface area contributed by atoms with Crippen molar-refractivity contribution in [3.63, 3.8) is 0 Å². The third kappa shape index (κ3) is 4.26. The number of carbonyl (C=O) groups is 3. The zero-order valence-electron chi connectivity index (χ0n) is 15.3. The van der Waals surface area contributed by atoms with Crippen LogP contribution < -0.4 is 0 Å². The summed E-state index contributed by atoms with van der Waals surface area (Å²) in [7, 11) is 0. The quantitative estimate of drug-likeness (QED) is 0.753. The molecule has 1 atom stereocenters. The monoisotopic (exact) mass is 379 g/mol. The van der Waals surface area contributed by atoms with Crippen LogP contribution in [-0.2, 0) is 20.9 Å². The van der Waals surface area contributed by atoms with E-state index in [0.29, 0.717) is 25.9 Å². The molecule has 3 amide bonds. The number of carbonyl (C=O) groups excluding carboxylic acids is 3. The fourth-order valence-electron chi connectivity index (χ4n) is 3.60. The molecule has 1 aromatic carbocycles. The van der Waals surface area contributed by atoms with Gasteiger partial charge >= 0.3 is 0 Å². The lowest BCUT2D eigenvalue weighted by Crippen LogP contribution is -2.58. The van der Waals surface area contributed by atoms with Gasteiger partial charge in [-0.1, -0.05) is 0 Å². The van der Waals surface area contributed by atoms with Crippen molar-refractivity contribution in [3.8, 4) is 0 Å². The summed E-state index contributed by atoms with van der Waals surface area (Å²) < 4.78 is 27.2. The molecule has 6 nitrogen and oxygen atoms in total. The number of hydrogen-bond acceptors (Lipinski definition) is 3. The SMILES string of the molecule is C[C@H]1C(=O)N(CCCN2CCCC2=O)CC(=O)N1Cc1cc(F)ccc1F. The third-order valence-corrected chi connectivity index (χ3v) is 5.16. The van der Waals surface area contributed by atoms with Gasteiger partial charge in [0.2, 0.25) is 17.7 Å². The Morgan fingerprint density at radius 2 is 1.81 bits per heavy atom. The molecule has 0 radical (unpaired) electrons. The van der Waals surface area contributed by atoms with E-state index in [9.17, 15) is 23.2 Å². The summed E-state index contributed by atoms with van der Waals surface area (Å²) in [5, 5.41) is 0. The zero-order valence-corrected chi connectivity index (χ0v) is 15.3. The Morgan fingerprint density at radius 1 is 1.07 bits per heavy atom. The molecule has 0 aromatic heterocycles. The highest BCUT2D eigenvalue weighted by Gasteiger charge is 2.36. The van der Waals surface area contributed by atoms with Crippen LogP contribution in [0.3, 0.4) is 0 Å². The number of hydrogen-bond donors (Lipinski definition) is 0. The van der Waals surface area contributed by atoms with Gasteiger partial charge in [0.05, 0.1) is 6.54 Å². The average Bonchev–Trinajstić information content (AvgIpc) is 3.04. The van der Waals surface area contributed by atoms with E-state index >= 15 is 0 Å². The van der Waals surface area contributed by atoms with Gasteiger partial charge in [0.25, 0.3) is 0 Å². The summed E-state index contributed by atoms with van der Waals surface area (Å²) in [5.41, 5.74) is 0.0454. The molecule has 0 bridgehead atoms. The van der Waals surface area contributed by atoms with E-state index in [2.05, 4.69) is 0 Å². The summed E-state index contributed by atoms with van der Waals surface area (Å²) >= 11 is 0. The van der Waals surface area contributed by atoms with Crippen LogP contribution in [0.25, 0.3) is 0 Å². The lowest BCUT2D eigenvalue weighted by Gasteiger charge is -2.39. The number of piperazine rings is 1. The van der Waals surface area contributed by atoms with Crippen LogP contribution in [0.1, 0.15) is 31.7 Å². The molecule has 146 valence electrons. The molecule has 2 aliphatic heterocycles. The fourth-order valence-corrected chi connectivity index (χ4v) is 3.60. The van der Waals surface area contributed by atoms with E-state index in [1.165, 1.54) is 9.80 Å². The van der Waals surface area contributed by atoms with Crippen LogP contribution in [0.15, 0.2) is 18.2 Å². The topological polar surface area (TPSA) is 60.9 Å². The predicted molar refractivity (Wildman–Crippen MR) is 93.4 cm³/mol. The summed E-state index contributed by atoms with van der Waals surface area (Å²) in [5.74, 6) is -1.59. The Labute approximate surface area is 156 Å². The van der Waals surface area contributed by atoms with E-state index in [-0.39, 0.29) is 36.4 Å². The van der Waals surface area contributed by atoms with Gasteiger partial charge in [0.1, 0.15) is 17.7 Å². The van der Waals surface area contributed by atoms with Gasteiger partial charge in [-0.25, -0.2) is 8.78 Å². The van der Waals surface area contributed by atoms with E-state index in [1.807, 2.05) is 0 Å². The van der Waals surface area contributed by atoms with Crippen LogP contribution in [0.4, 0.5) is 8.78 Å². The number of amides is 3. The highest BCUT2D eigenvalue weighted by molar-refractivity contribution is 5.94. The second-order valence-electron chi connectivity index (χ2n) is 7.03. The van der Waals surface area contributed by atoms with Gasteiger partial charge in [-0.2, -0.15) is 0 Å². The minimum absolute atomic E-state index is 0.0454. The number of halogens is 2. The van der Waals surface area contributed by atoms with Crippen LogP contribution in [0.5, 0.6) is 0 Å². The van der Waals surface area contributed by atoms with Crippen molar-refractivity contribution >= 4 is 17.7 Å². The Bertz CT molecular complexity index is 756. The van der Waals surface area contributed by atoms with Crippen LogP contribution >= 0.6 is 0 Å². The molecule has 0 saturated carbocycles. The summed E-state index contributed by atoms with van der Waals surface area (Å²) in [4.78, 5) is 41.2. The van der Waals surface area contributed by atoms with Crippen molar-refractivity contribution in [2.45, 2.75) is 38.8 Å². The first-order valence-electron chi connectivity index (χ1n) is 9.17. The number of nitrogens with zero attached hydrogens (tertiary/aromatic N) is 3. The average molecular weight is 379 g/mol. The molecular weight excluding hydrogens is 356 g/mol. The standard InChI is InChI=1S/C19H23F2N3O3/c1-13-19(27)23(9-3-8-22-7-2-4-17(22)25)12-18(26)24(13)11-14-10-15(20)5-6-16(14)21/h5-6,10,13H,2-4,7-9,11-12H2,1H3/t13-/m0/s1. The normalized spacial score (nSPS) is 20.8. The van der Waals surface area contributed by atoms with Gasteiger partial charge < -0.3 is 14.7 Å². The zero-order chi connectivity index (χ0) is 19.6. The molecule has 0 unspecified atom stereocenters. The highest BCUT2D eigenvalue weighted by Crippen LogP contribution is 2.19. The van der Waals surface area contributed by atoms with Crippen molar-refractivity contribution in [2.24, 2.45) is 0 Å². The van der Waals surface area contributed by atoms with Gasteiger partial charge in [0.15, 0.2) is 0 Å². The van der Waals surface area contributed by atoms with Gasteiger partial charge in [-0.15, -0.1) is 0 Å². The summed E-state index contributed by atoms with van der Waals surface area (Å²) in [6.07, 6.45) is 2.04. The lowest BCUT2D eigenvalue weighted by atomic mass is 10.1. The molecule has 27 heavy (non-hydrogen) atoms. The molecule has 0 aliphatic carbocycles. The van der Waals surface area contributed by atoms with Gasteiger partial charge in [-0.05, 0) is 38.0 Å². The number of benzene rings is 1.